The number of nitrogens with zero attached hydrogens (tertiary/aromatic N) is 5. The van der Waals surface area contributed by atoms with Crippen LogP contribution in [0.15, 0.2) is 36.7 Å². The van der Waals surface area contributed by atoms with Crippen molar-refractivity contribution in [3.05, 3.63) is 42.2 Å². The fourth-order valence-corrected chi connectivity index (χ4v) is 2.67. The van der Waals surface area contributed by atoms with E-state index < -0.39 is 0 Å². The molecule has 0 radical (unpaired) electrons. The molecule has 0 unspecified atom stereocenters. The van der Waals surface area contributed by atoms with Gasteiger partial charge < -0.3 is 15.5 Å². The van der Waals surface area contributed by atoms with Gasteiger partial charge in [0.15, 0.2) is 17.0 Å². The number of hydrogen-bond acceptors (Lipinski definition) is 7. The summed E-state index contributed by atoms with van der Waals surface area (Å²) in [6.45, 7) is 10.2. The van der Waals surface area contributed by atoms with E-state index in [4.69, 9.17) is 0 Å². The molecule has 7 heteroatoms. The molecular formula is C19H25N7. The lowest BCUT2D eigenvalue weighted by Crippen LogP contribution is -2.29. The van der Waals surface area contributed by atoms with E-state index in [1.807, 2.05) is 12.1 Å². The quantitative estimate of drug-likeness (QED) is 0.645. The highest BCUT2D eigenvalue weighted by Crippen LogP contribution is 2.22. The molecule has 2 heterocycles. The summed E-state index contributed by atoms with van der Waals surface area (Å²) in [5.74, 6) is 1.21. The van der Waals surface area contributed by atoms with Crippen molar-refractivity contribution >= 4 is 28.6 Å². The van der Waals surface area contributed by atoms with Crippen LogP contribution in [0.4, 0.5) is 17.5 Å². The topological polar surface area (TPSA) is 78.9 Å². The van der Waals surface area contributed by atoms with Crippen molar-refractivity contribution in [1.29, 1.82) is 0 Å². The van der Waals surface area contributed by atoms with E-state index in [2.05, 4.69) is 68.4 Å². The van der Waals surface area contributed by atoms with Gasteiger partial charge in [0.25, 0.3) is 0 Å². The summed E-state index contributed by atoms with van der Waals surface area (Å²) in [5, 5.41) is 6.63. The molecular weight excluding hydrogens is 326 g/mol. The van der Waals surface area contributed by atoms with Gasteiger partial charge >= 0.3 is 0 Å². The number of rotatable bonds is 8. The number of benzene rings is 1. The lowest BCUT2D eigenvalue weighted by atomic mass is 10.2. The lowest BCUT2D eigenvalue weighted by Gasteiger charge is -2.18. The van der Waals surface area contributed by atoms with Crippen LogP contribution in [0.2, 0.25) is 0 Å². The molecule has 0 atom stereocenters. The minimum atomic E-state index is 0.555. The third-order valence-electron chi connectivity index (χ3n) is 4.25. The number of hydrogen-bond donors (Lipinski definition) is 2. The average molecular weight is 351 g/mol. The van der Waals surface area contributed by atoms with Crippen LogP contribution in [-0.4, -0.2) is 51.0 Å². The zero-order valence-electron chi connectivity index (χ0n) is 15.5. The van der Waals surface area contributed by atoms with E-state index >= 15 is 0 Å². The smallest absolute Gasteiger partial charge is 0.226 e. The Morgan fingerprint density at radius 3 is 2.42 bits per heavy atom. The maximum atomic E-state index is 4.61. The van der Waals surface area contributed by atoms with Crippen molar-refractivity contribution in [2.75, 3.05) is 36.8 Å². The predicted molar refractivity (Wildman–Crippen MR) is 106 cm³/mol. The molecule has 3 aromatic rings. The lowest BCUT2D eigenvalue weighted by molar-refractivity contribution is 0.316. The Morgan fingerprint density at radius 2 is 1.69 bits per heavy atom. The highest BCUT2D eigenvalue weighted by atomic mass is 15.2. The molecule has 0 saturated heterocycles. The Kier molecular flexibility index (Phi) is 5.91. The minimum Gasteiger partial charge on any atom is -0.353 e. The Labute approximate surface area is 153 Å². The molecule has 26 heavy (non-hydrogen) atoms. The maximum absolute atomic E-state index is 4.61. The summed E-state index contributed by atoms with van der Waals surface area (Å²) in [6, 6.07) is 8.15. The molecule has 0 spiro atoms. The molecule has 0 aliphatic heterocycles. The second-order valence-corrected chi connectivity index (χ2v) is 6.07. The first-order chi connectivity index (χ1) is 12.7. The predicted octanol–water partition coefficient (Wildman–Crippen LogP) is 3.23. The van der Waals surface area contributed by atoms with E-state index in [1.54, 1.807) is 12.4 Å². The first kappa shape index (κ1) is 18.0. The SMILES string of the molecule is CCN(CC)CCNc1nc(Nc2ccc(C)cc2)c2nccnc2n1. The van der Waals surface area contributed by atoms with Crippen LogP contribution < -0.4 is 10.6 Å². The van der Waals surface area contributed by atoms with E-state index in [0.29, 0.717) is 22.9 Å². The average Bonchev–Trinajstić information content (AvgIpc) is 2.67. The molecule has 1 aromatic carbocycles. The van der Waals surface area contributed by atoms with E-state index in [1.165, 1.54) is 5.56 Å². The van der Waals surface area contributed by atoms with Crippen LogP contribution in [0.25, 0.3) is 11.2 Å². The molecule has 2 aromatic heterocycles. The first-order valence-electron chi connectivity index (χ1n) is 8.98. The molecule has 0 amide bonds. The molecule has 0 saturated carbocycles. The van der Waals surface area contributed by atoms with Crippen molar-refractivity contribution in [1.82, 2.24) is 24.8 Å². The van der Waals surface area contributed by atoms with Gasteiger partial charge in [0, 0.05) is 31.2 Å². The van der Waals surface area contributed by atoms with Crippen molar-refractivity contribution in [3.63, 3.8) is 0 Å². The summed E-state index contributed by atoms with van der Waals surface area (Å²) in [4.78, 5) is 20.2. The zero-order chi connectivity index (χ0) is 18.4. The van der Waals surface area contributed by atoms with Crippen LogP contribution in [0.3, 0.4) is 0 Å². The van der Waals surface area contributed by atoms with Gasteiger partial charge in [-0.3, -0.25) is 0 Å². The van der Waals surface area contributed by atoms with Gasteiger partial charge in [0.2, 0.25) is 5.95 Å². The van der Waals surface area contributed by atoms with Crippen LogP contribution in [0.1, 0.15) is 19.4 Å². The number of aromatic nitrogens is 4. The van der Waals surface area contributed by atoms with Crippen molar-refractivity contribution in [2.24, 2.45) is 0 Å². The second kappa shape index (κ2) is 8.53. The third kappa shape index (κ3) is 4.43. The highest BCUT2D eigenvalue weighted by Gasteiger charge is 2.10. The fourth-order valence-electron chi connectivity index (χ4n) is 2.67. The largest absolute Gasteiger partial charge is 0.353 e. The fraction of sp³-hybridized carbons (Fsp3) is 0.368. The molecule has 0 aliphatic carbocycles. The van der Waals surface area contributed by atoms with Crippen LogP contribution >= 0.6 is 0 Å². The van der Waals surface area contributed by atoms with Gasteiger partial charge in [0.1, 0.15) is 0 Å². The van der Waals surface area contributed by atoms with E-state index in [0.717, 1.165) is 31.9 Å². The Morgan fingerprint density at radius 1 is 0.962 bits per heavy atom. The molecule has 0 bridgehead atoms. The molecule has 7 nitrogen and oxygen atoms in total. The third-order valence-corrected chi connectivity index (χ3v) is 4.25. The molecule has 0 aliphatic rings. The van der Waals surface area contributed by atoms with Gasteiger partial charge in [-0.2, -0.15) is 9.97 Å². The van der Waals surface area contributed by atoms with Crippen LogP contribution in [-0.2, 0) is 0 Å². The van der Waals surface area contributed by atoms with Crippen molar-refractivity contribution in [2.45, 2.75) is 20.8 Å². The number of fused-ring (bicyclic) bond motifs is 1. The number of likely N-dealkylation sites (N-methyl/N-ethyl adjacent to an activating group) is 1. The normalized spacial score (nSPS) is 11.1. The van der Waals surface area contributed by atoms with Crippen molar-refractivity contribution in [3.8, 4) is 0 Å². The molecule has 136 valence electrons. The van der Waals surface area contributed by atoms with Crippen LogP contribution in [0.5, 0.6) is 0 Å². The van der Waals surface area contributed by atoms with Gasteiger partial charge in [0.05, 0.1) is 0 Å². The summed E-state index contributed by atoms with van der Waals surface area (Å²) >= 11 is 0. The van der Waals surface area contributed by atoms with Crippen LogP contribution in [0, 0.1) is 6.92 Å². The summed E-state index contributed by atoms with van der Waals surface area (Å²) in [5.41, 5.74) is 3.39. The first-order valence-corrected chi connectivity index (χ1v) is 8.98. The monoisotopic (exact) mass is 351 g/mol. The second-order valence-electron chi connectivity index (χ2n) is 6.07. The molecule has 2 N–H and O–H groups in total. The maximum Gasteiger partial charge on any atom is 0.226 e. The number of nitrogens with one attached hydrogen (secondary N) is 2. The molecule has 0 fully saturated rings. The van der Waals surface area contributed by atoms with Gasteiger partial charge in [-0.25, -0.2) is 9.97 Å². The number of anilines is 3. The highest BCUT2D eigenvalue weighted by molar-refractivity contribution is 5.85. The Balaban J connectivity index is 1.82. The van der Waals surface area contributed by atoms with Crippen molar-refractivity contribution < 1.29 is 0 Å². The zero-order valence-corrected chi connectivity index (χ0v) is 15.5. The summed E-state index contributed by atoms with van der Waals surface area (Å²) in [6.07, 6.45) is 3.30. The van der Waals surface area contributed by atoms with Gasteiger partial charge in [-0.05, 0) is 32.1 Å². The molecule has 3 rings (SSSR count). The Bertz CT molecular complexity index is 844. The van der Waals surface area contributed by atoms with E-state index in [-0.39, 0.29) is 0 Å². The van der Waals surface area contributed by atoms with Gasteiger partial charge in [-0.15, -0.1) is 0 Å². The Hall–Kier alpha value is -2.80. The standard InChI is InChI=1S/C19H25N7/c1-4-26(5-2)13-12-22-19-24-17-16(20-10-11-21-17)18(25-19)23-15-8-6-14(3)7-9-15/h6-11H,4-5,12-13H2,1-3H3,(H2,21,22,23,24,25). The number of aryl methyl sites for hydroxylation is 1. The van der Waals surface area contributed by atoms with Gasteiger partial charge in [-0.1, -0.05) is 31.5 Å². The summed E-state index contributed by atoms with van der Waals surface area (Å²) < 4.78 is 0. The minimum absolute atomic E-state index is 0.555. The summed E-state index contributed by atoms with van der Waals surface area (Å²) in [7, 11) is 0. The van der Waals surface area contributed by atoms with E-state index in [9.17, 15) is 0 Å².